The highest BCUT2D eigenvalue weighted by Crippen LogP contribution is 2.39. The summed E-state index contributed by atoms with van der Waals surface area (Å²) >= 11 is 3.74. The van der Waals surface area contributed by atoms with Gasteiger partial charge in [-0.15, -0.1) is 23.1 Å². The minimum Gasteiger partial charge on any atom is -0.294 e. The van der Waals surface area contributed by atoms with E-state index in [0.29, 0.717) is 0 Å². The van der Waals surface area contributed by atoms with Gasteiger partial charge in [0.15, 0.2) is 8.07 Å². The highest BCUT2D eigenvalue weighted by molar-refractivity contribution is 7.98. The molecule has 0 radical (unpaired) electrons. The summed E-state index contributed by atoms with van der Waals surface area (Å²) in [5.41, 5.74) is 8.28. The maximum absolute atomic E-state index is 5.17. The monoisotopic (exact) mass is 754 g/mol. The van der Waals surface area contributed by atoms with Crippen LogP contribution in [-0.4, -0.2) is 17.6 Å². The Kier molecular flexibility index (Phi) is 7.73. The van der Waals surface area contributed by atoms with E-state index in [2.05, 4.69) is 199 Å². The molecule has 55 heavy (non-hydrogen) atoms. The number of hydrogen-bond acceptors (Lipinski definition) is 3. The number of benzene rings is 8. The van der Waals surface area contributed by atoms with E-state index in [1.54, 1.807) is 0 Å². The van der Waals surface area contributed by atoms with Crippen LogP contribution in [0.2, 0.25) is 0 Å². The second-order valence-corrected chi connectivity index (χ2v) is 20.2. The summed E-state index contributed by atoms with van der Waals surface area (Å²) in [7, 11) is -2.83. The number of thioether (sulfide) groups is 1. The lowest BCUT2D eigenvalue weighted by Gasteiger charge is -2.35. The molecule has 0 saturated heterocycles. The molecule has 0 amide bonds. The van der Waals surface area contributed by atoms with Crippen LogP contribution < -0.4 is 20.7 Å². The fraction of sp³-hybridized carbons (Fsp3) is 0.0200. The highest BCUT2D eigenvalue weighted by atomic mass is 32.2. The molecule has 0 N–H and O–H groups in total. The zero-order chi connectivity index (χ0) is 36.3. The van der Waals surface area contributed by atoms with Gasteiger partial charge in [-0.3, -0.25) is 4.57 Å². The molecule has 1 aliphatic rings. The van der Waals surface area contributed by atoms with Gasteiger partial charge in [-0.05, 0) is 85.5 Å². The van der Waals surface area contributed by atoms with E-state index >= 15 is 0 Å². The fourth-order valence-electron chi connectivity index (χ4n) is 8.73. The molecule has 5 heteroatoms. The average molecular weight is 755 g/mol. The van der Waals surface area contributed by atoms with E-state index in [4.69, 9.17) is 4.98 Å². The second kappa shape index (κ2) is 13.1. The summed E-state index contributed by atoms with van der Waals surface area (Å²) in [4.78, 5) is 6.48. The molecular formula is C50H34N2S2Si. The van der Waals surface area contributed by atoms with Crippen molar-refractivity contribution < 1.29 is 0 Å². The first kappa shape index (κ1) is 32.4. The average Bonchev–Trinajstić information content (AvgIpc) is 3.83. The van der Waals surface area contributed by atoms with Gasteiger partial charge in [0.2, 0.25) is 0 Å². The Hall–Kier alpha value is -5.98. The Morgan fingerprint density at radius 3 is 1.78 bits per heavy atom. The van der Waals surface area contributed by atoms with Gasteiger partial charge >= 0.3 is 0 Å². The largest absolute Gasteiger partial charge is 0.294 e. The van der Waals surface area contributed by atoms with Gasteiger partial charge in [0.05, 0.1) is 22.5 Å². The van der Waals surface area contributed by atoms with Crippen LogP contribution in [0.25, 0.3) is 59.1 Å². The third-order valence-corrected chi connectivity index (χ3v) is 18.2. The van der Waals surface area contributed by atoms with Crippen LogP contribution in [-0.2, 0) is 5.75 Å². The summed E-state index contributed by atoms with van der Waals surface area (Å²) in [6, 6.07) is 72.5. The number of rotatable bonds is 6. The molecule has 2 aromatic heterocycles. The van der Waals surface area contributed by atoms with Crippen molar-refractivity contribution in [2.45, 2.75) is 10.6 Å². The van der Waals surface area contributed by atoms with Crippen LogP contribution in [0, 0.1) is 0 Å². The lowest BCUT2D eigenvalue weighted by Crippen LogP contribution is -2.74. The van der Waals surface area contributed by atoms with Gasteiger partial charge in [0.25, 0.3) is 0 Å². The van der Waals surface area contributed by atoms with Gasteiger partial charge in [0, 0.05) is 25.1 Å². The third-order valence-electron chi connectivity index (χ3n) is 11.2. The molecule has 10 aromatic rings. The molecule has 0 fully saturated rings. The minimum absolute atomic E-state index is 0.871. The van der Waals surface area contributed by atoms with Crippen molar-refractivity contribution in [2.24, 2.45) is 0 Å². The topological polar surface area (TPSA) is 17.8 Å². The maximum Gasteiger partial charge on any atom is 0.179 e. The second-order valence-electron chi connectivity index (χ2n) is 14.3. The molecule has 11 rings (SSSR count). The van der Waals surface area contributed by atoms with Crippen LogP contribution in [0.15, 0.2) is 199 Å². The number of imidazole rings is 1. The molecule has 0 spiro atoms. The SMILES string of the molecule is c1ccc([Si](c2ccccc2)(c2cccc(-c3ccc4c(c3)nc3n4-c4ccccc4SC3)c2)c2cccc(-c3ccc4sc5ccccc5c4c3)c2)cc1. The Balaban J connectivity index is 1.10. The molecule has 0 aliphatic carbocycles. The highest BCUT2D eigenvalue weighted by Gasteiger charge is 2.41. The molecule has 0 atom stereocenters. The predicted octanol–water partition coefficient (Wildman–Crippen LogP) is 10.7. The maximum atomic E-state index is 5.17. The van der Waals surface area contributed by atoms with Crippen LogP contribution in [0.3, 0.4) is 0 Å². The van der Waals surface area contributed by atoms with Crippen LogP contribution in [0.1, 0.15) is 5.82 Å². The van der Waals surface area contributed by atoms with E-state index in [0.717, 1.165) is 22.6 Å². The lowest BCUT2D eigenvalue weighted by molar-refractivity contribution is 0.945. The van der Waals surface area contributed by atoms with Gasteiger partial charge in [-0.2, -0.15) is 0 Å². The number of aromatic nitrogens is 2. The Labute approximate surface area is 329 Å². The number of thiophene rings is 1. The van der Waals surface area contributed by atoms with E-state index in [1.807, 2.05) is 23.1 Å². The molecule has 0 saturated carbocycles. The Morgan fingerprint density at radius 2 is 1.04 bits per heavy atom. The van der Waals surface area contributed by atoms with Crippen molar-refractivity contribution in [3.8, 4) is 27.9 Å². The first-order valence-corrected chi connectivity index (χ1v) is 22.5. The van der Waals surface area contributed by atoms with Gasteiger partial charge < -0.3 is 0 Å². The van der Waals surface area contributed by atoms with Crippen LogP contribution in [0.4, 0.5) is 0 Å². The van der Waals surface area contributed by atoms with Crippen molar-refractivity contribution in [3.05, 3.63) is 200 Å². The quantitative estimate of drug-likeness (QED) is 0.124. The third kappa shape index (κ3) is 5.26. The molecule has 260 valence electrons. The predicted molar refractivity (Wildman–Crippen MR) is 238 cm³/mol. The molecule has 8 aromatic carbocycles. The standard InChI is InChI=1S/C50H34N2S2Si/c1-3-15-38(16-4-1)55(39-17-5-2-6-18-39,40-19-11-13-34(29-40)36-26-28-48-43(31-36)42-21-7-9-23-47(42)54-48)41-20-12-14-35(30-41)37-25-27-45-44(32-37)51-50-33-53-49-24-10-8-22-46(49)52(45)50/h1-32H,33H2. The fourth-order valence-corrected chi connectivity index (χ4v) is 15.6. The molecule has 0 bridgehead atoms. The summed E-state index contributed by atoms with van der Waals surface area (Å²) in [5, 5.41) is 8.10. The summed E-state index contributed by atoms with van der Waals surface area (Å²) < 4.78 is 5.00. The molecule has 3 heterocycles. The van der Waals surface area contributed by atoms with Crippen LogP contribution >= 0.6 is 23.1 Å². The summed E-state index contributed by atoms with van der Waals surface area (Å²) in [5.74, 6) is 1.98. The zero-order valence-electron chi connectivity index (χ0n) is 29.9. The first-order valence-electron chi connectivity index (χ1n) is 18.7. The van der Waals surface area contributed by atoms with Gasteiger partial charge in [-0.25, -0.2) is 4.98 Å². The minimum atomic E-state index is -2.83. The smallest absolute Gasteiger partial charge is 0.179 e. The van der Waals surface area contributed by atoms with Gasteiger partial charge in [0.1, 0.15) is 5.82 Å². The van der Waals surface area contributed by atoms with Crippen LogP contribution in [0.5, 0.6) is 0 Å². The summed E-state index contributed by atoms with van der Waals surface area (Å²) in [6.07, 6.45) is 0. The number of fused-ring (bicyclic) bond motifs is 8. The van der Waals surface area contributed by atoms with Crippen molar-refractivity contribution >= 4 is 83.1 Å². The molecular weight excluding hydrogens is 721 g/mol. The van der Waals surface area contributed by atoms with E-state index in [9.17, 15) is 0 Å². The van der Waals surface area contributed by atoms with Crippen molar-refractivity contribution in [1.29, 1.82) is 0 Å². The molecule has 0 unspecified atom stereocenters. The zero-order valence-corrected chi connectivity index (χ0v) is 32.5. The molecule has 1 aliphatic heterocycles. The van der Waals surface area contributed by atoms with E-state index in [-0.39, 0.29) is 0 Å². The molecule has 2 nitrogen and oxygen atoms in total. The summed E-state index contributed by atoms with van der Waals surface area (Å²) in [6.45, 7) is 0. The van der Waals surface area contributed by atoms with E-state index < -0.39 is 8.07 Å². The number of nitrogens with zero attached hydrogens (tertiary/aromatic N) is 2. The number of para-hydroxylation sites is 1. The van der Waals surface area contributed by atoms with Gasteiger partial charge in [-0.1, -0.05) is 152 Å². The first-order chi connectivity index (χ1) is 27.2. The van der Waals surface area contributed by atoms with Crippen molar-refractivity contribution in [2.75, 3.05) is 0 Å². The van der Waals surface area contributed by atoms with Crippen molar-refractivity contribution in [1.82, 2.24) is 9.55 Å². The van der Waals surface area contributed by atoms with Crippen molar-refractivity contribution in [3.63, 3.8) is 0 Å². The lowest BCUT2D eigenvalue weighted by atomic mass is 10.0. The van der Waals surface area contributed by atoms with E-state index in [1.165, 1.54) is 73.8 Å². The normalized spacial score (nSPS) is 12.6. The Morgan fingerprint density at radius 1 is 0.455 bits per heavy atom. The Bertz CT molecular complexity index is 3020. The number of hydrogen-bond donors (Lipinski definition) is 0.